The monoisotopic (exact) mass is 333 g/mol. The van der Waals surface area contributed by atoms with E-state index >= 15 is 0 Å². The largest absolute Gasteiger partial charge is 0.478 e. The highest BCUT2D eigenvalue weighted by atomic mass is 19.4. The molecule has 2 aromatic heterocycles. The maximum Gasteiger partial charge on any atom is 0.453 e. The fraction of sp³-hybridized carbons (Fsp3) is 0.615. The Bertz CT molecular complexity index is 673. The van der Waals surface area contributed by atoms with Crippen molar-refractivity contribution in [2.45, 2.75) is 32.6 Å². The topological polar surface area (TPSA) is 75.8 Å². The molecule has 1 unspecified atom stereocenters. The SMILES string of the molecule is CCOc1cc(CN(C)C(C)CO)nc2nc(C(F)(F)F)nn12. The lowest BCUT2D eigenvalue weighted by molar-refractivity contribution is -0.144. The van der Waals surface area contributed by atoms with Crippen LogP contribution in [0.3, 0.4) is 0 Å². The zero-order valence-corrected chi connectivity index (χ0v) is 13.0. The first kappa shape index (κ1) is 17.4. The van der Waals surface area contributed by atoms with Crippen LogP contribution >= 0.6 is 0 Å². The van der Waals surface area contributed by atoms with E-state index in [4.69, 9.17) is 9.84 Å². The number of hydrogen-bond acceptors (Lipinski definition) is 6. The molecule has 7 nitrogen and oxygen atoms in total. The van der Waals surface area contributed by atoms with E-state index in [0.717, 1.165) is 4.52 Å². The molecular weight excluding hydrogens is 315 g/mol. The van der Waals surface area contributed by atoms with Crippen molar-refractivity contribution < 1.29 is 23.0 Å². The van der Waals surface area contributed by atoms with Gasteiger partial charge in [0.25, 0.3) is 11.6 Å². The van der Waals surface area contributed by atoms with Gasteiger partial charge in [-0.15, -0.1) is 5.10 Å². The fourth-order valence-corrected chi connectivity index (χ4v) is 1.89. The number of likely N-dealkylation sites (N-methyl/N-ethyl adjacent to an activating group) is 1. The van der Waals surface area contributed by atoms with Crippen molar-refractivity contribution in [1.29, 1.82) is 0 Å². The van der Waals surface area contributed by atoms with Crippen molar-refractivity contribution in [2.24, 2.45) is 0 Å². The predicted molar refractivity (Wildman–Crippen MR) is 75.0 cm³/mol. The minimum atomic E-state index is -4.65. The second-order valence-corrected chi connectivity index (χ2v) is 5.11. The van der Waals surface area contributed by atoms with Crippen LogP contribution in [0.15, 0.2) is 6.07 Å². The summed E-state index contributed by atoms with van der Waals surface area (Å²) >= 11 is 0. The Labute approximate surface area is 130 Å². The van der Waals surface area contributed by atoms with Crippen LogP contribution in [0.25, 0.3) is 5.78 Å². The smallest absolute Gasteiger partial charge is 0.453 e. The molecule has 2 rings (SSSR count). The number of aliphatic hydroxyl groups is 1. The van der Waals surface area contributed by atoms with Crippen LogP contribution in [0.1, 0.15) is 25.4 Å². The third kappa shape index (κ3) is 3.88. The number of nitrogens with zero attached hydrogens (tertiary/aromatic N) is 5. The van der Waals surface area contributed by atoms with Gasteiger partial charge in [-0.2, -0.15) is 22.7 Å². The zero-order valence-electron chi connectivity index (χ0n) is 13.0. The molecule has 10 heteroatoms. The first-order chi connectivity index (χ1) is 10.8. The normalized spacial score (nSPS) is 13.7. The van der Waals surface area contributed by atoms with Gasteiger partial charge in [0, 0.05) is 18.7 Å². The molecule has 2 aromatic rings. The van der Waals surface area contributed by atoms with E-state index in [9.17, 15) is 13.2 Å². The molecule has 0 saturated carbocycles. The Hall–Kier alpha value is -1.94. The summed E-state index contributed by atoms with van der Waals surface area (Å²) in [6.07, 6.45) is -4.65. The molecule has 23 heavy (non-hydrogen) atoms. The van der Waals surface area contributed by atoms with Gasteiger partial charge < -0.3 is 9.84 Å². The van der Waals surface area contributed by atoms with Crippen LogP contribution in [0, 0.1) is 0 Å². The summed E-state index contributed by atoms with van der Waals surface area (Å²) in [5.74, 6) is -1.30. The quantitative estimate of drug-likeness (QED) is 0.860. The molecule has 0 aliphatic carbocycles. The summed E-state index contributed by atoms with van der Waals surface area (Å²) in [6, 6.07) is 1.40. The van der Waals surface area contributed by atoms with Crippen molar-refractivity contribution in [3.8, 4) is 5.88 Å². The maximum atomic E-state index is 12.8. The number of halogens is 3. The average molecular weight is 333 g/mol. The summed E-state index contributed by atoms with van der Waals surface area (Å²) in [7, 11) is 1.78. The minimum Gasteiger partial charge on any atom is -0.478 e. The van der Waals surface area contributed by atoms with Gasteiger partial charge in [0.1, 0.15) is 0 Å². The molecule has 2 heterocycles. The van der Waals surface area contributed by atoms with Crippen LogP contribution in [0.2, 0.25) is 0 Å². The first-order valence-electron chi connectivity index (χ1n) is 7.04. The molecule has 1 N–H and O–H groups in total. The van der Waals surface area contributed by atoms with Crippen LogP contribution in [0.4, 0.5) is 13.2 Å². The minimum absolute atomic E-state index is 0.0415. The second kappa shape index (κ2) is 6.67. The van der Waals surface area contributed by atoms with Crippen molar-refractivity contribution in [3.63, 3.8) is 0 Å². The Morgan fingerprint density at radius 1 is 1.39 bits per heavy atom. The standard InChI is InChI=1S/C13H18F3N5O2/c1-4-23-10-5-9(6-20(3)8(2)7-22)17-12-18-11(13(14,15)16)19-21(10)12/h5,8,22H,4,6-7H2,1-3H3. The molecular formula is C13H18F3N5O2. The summed E-state index contributed by atoms with van der Waals surface area (Å²) < 4.78 is 44.6. The van der Waals surface area contributed by atoms with Crippen molar-refractivity contribution in [3.05, 3.63) is 17.6 Å². The van der Waals surface area contributed by atoms with Gasteiger partial charge in [-0.3, -0.25) is 4.90 Å². The highest BCUT2D eigenvalue weighted by molar-refractivity contribution is 5.35. The van der Waals surface area contributed by atoms with E-state index < -0.39 is 12.0 Å². The Balaban J connectivity index is 2.43. The Kier molecular flexibility index (Phi) is 5.05. The molecule has 0 bridgehead atoms. The van der Waals surface area contributed by atoms with Gasteiger partial charge in [0.05, 0.1) is 18.9 Å². The van der Waals surface area contributed by atoms with E-state index in [1.807, 2.05) is 11.8 Å². The van der Waals surface area contributed by atoms with Crippen LogP contribution < -0.4 is 4.74 Å². The van der Waals surface area contributed by atoms with Gasteiger partial charge in [-0.25, -0.2) is 4.98 Å². The Morgan fingerprint density at radius 2 is 2.09 bits per heavy atom. The molecule has 0 aromatic carbocycles. The molecule has 0 fully saturated rings. The molecule has 0 spiro atoms. The van der Waals surface area contributed by atoms with Gasteiger partial charge in [-0.05, 0) is 20.9 Å². The van der Waals surface area contributed by atoms with Crippen molar-refractivity contribution >= 4 is 5.78 Å². The summed E-state index contributed by atoms with van der Waals surface area (Å²) in [4.78, 5) is 9.34. The number of aromatic nitrogens is 4. The molecule has 0 aliphatic rings. The van der Waals surface area contributed by atoms with Crippen molar-refractivity contribution in [2.75, 3.05) is 20.3 Å². The molecule has 0 aliphatic heterocycles. The first-order valence-corrected chi connectivity index (χ1v) is 7.04. The summed E-state index contributed by atoms with van der Waals surface area (Å²) in [5.41, 5.74) is 0.477. The molecule has 0 saturated heterocycles. The van der Waals surface area contributed by atoms with E-state index in [0.29, 0.717) is 12.2 Å². The van der Waals surface area contributed by atoms with E-state index in [1.165, 1.54) is 6.07 Å². The molecule has 128 valence electrons. The lowest BCUT2D eigenvalue weighted by atomic mass is 10.3. The number of hydrogen-bond donors (Lipinski definition) is 1. The number of ether oxygens (including phenoxy) is 1. The lowest BCUT2D eigenvalue weighted by Gasteiger charge is -2.22. The summed E-state index contributed by atoms with van der Waals surface area (Å²) in [5, 5.41) is 12.6. The number of aliphatic hydroxyl groups excluding tert-OH is 1. The zero-order chi connectivity index (χ0) is 17.2. The summed E-state index contributed by atoms with van der Waals surface area (Å²) in [6.45, 7) is 4.09. The van der Waals surface area contributed by atoms with Gasteiger partial charge in [-0.1, -0.05) is 0 Å². The number of alkyl halides is 3. The third-order valence-electron chi connectivity index (χ3n) is 3.31. The number of fused-ring (bicyclic) bond motifs is 1. The van der Waals surface area contributed by atoms with Crippen molar-refractivity contribution in [1.82, 2.24) is 24.5 Å². The highest BCUT2D eigenvalue weighted by Gasteiger charge is 2.37. The Morgan fingerprint density at radius 3 is 2.65 bits per heavy atom. The highest BCUT2D eigenvalue weighted by Crippen LogP contribution is 2.27. The van der Waals surface area contributed by atoms with Gasteiger partial charge in [0.2, 0.25) is 5.88 Å². The van der Waals surface area contributed by atoms with Crippen LogP contribution in [-0.4, -0.2) is 55.9 Å². The van der Waals surface area contributed by atoms with Gasteiger partial charge >= 0.3 is 6.18 Å². The van der Waals surface area contributed by atoms with E-state index in [-0.39, 0.29) is 30.9 Å². The van der Waals surface area contributed by atoms with Crippen LogP contribution in [0.5, 0.6) is 5.88 Å². The maximum absolute atomic E-state index is 12.8. The third-order valence-corrected chi connectivity index (χ3v) is 3.31. The average Bonchev–Trinajstić information content (AvgIpc) is 2.91. The lowest BCUT2D eigenvalue weighted by Crippen LogP contribution is -2.31. The second-order valence-electron chi connectivity index (χ2n) is 5.11. The number of rotatable bonds is 6. The molecule has 1 atom stereocenters. The molecule has 0 radical (unpaired) electrons. The predicted octanol–water partition coefficient (Wildman–Crippen LogP) is 1.35. The van der Waals surface area contributed by atoms with Gasteiger partial charge in [0.15, 0.2) is 0 Å². The van der Waals surface area contributed by atoms with Crippen LogP contribution in [-0.2, 0) is 12.7 Å². The van der Waals surface area contributed by atoms with E-state index in [2.05, 4.69) is 15.1 Å². The fourth-order valence-electron chi connectivity index (χ4n) is 1.89. The molecule has 0 amide bonds. The van der Waals surface area contributed by atoms with E-state index in [1.54, 1.807) is 14.0 Å².